The van der Waals surface area contributed by atoms with Crippen LogP contribution in [-0.4, -0.2) is 54.3 Å². The van der Waals surface area contributed by atoms with E-state index in [0.717, 1.165) is 21.8 Å². The predicted octanol–water partition coefficient (Wildman–Crippen LogP) is 4.02. The molecule has 1 fully saturated rings. The van der Waals surface area contributed by atoms with Crippen molar-refractivity contribution in [3.8, 4) is 0 Å². The van der Waals surface area contributed by atoms with Crippen molar-refractivity contribution < 1.29 is 26.3 Å². The molecule has 11 heteroatoms. The number of aryl methyl sites for hydroxylation is 1. The highest BCUT2D eigenvalue weighted by Gasteiger charge is 2.47. The summed E-state index contributed by atoms with van der Waals surface area (Å²) in [5.41, 5.74) is 1.03. The summed E-state index contributed by atoms with van der Waals surface area (Å²) < 4.78 is 70.7. The van der Waals surface area contributed by atoms with Crippen LogP contribution in [0.3, 0.4) is 0 Å². The van der Waals surface area contributed by atoms with Crippen molar-refractivity contribution in [2.24, 2.45) is 0 Å². The molecule has 3 atom stereocenters. The number of rotatable bonds is 5. The number of ether oxygens (including phenoxy) is 1. The third kappa shape index (κ3) is 4.90. The summed E-state index contributed by atoms with van der Waals surface area (Å²) in [7, 11) is -3.06. The molecule has 178 valence electrons. The highest BCUT2D eigenvalue weighted by molar-refractivity contribution is 7.90. The molecule has 0 N–H and O–H groups in total. The average Bonchev–Trinajstić information content (AvgIpc) is 3.33. The number of sulfone groups is 1. The number of hydrogen-bond acceptors (Lipinski definition) is 6. The van der Waals surface area contributed by atoms with Gasteiger partial charge < -0.3 is 4.74 Å². The Balaban J connectivity index is 1.47. The van der Waals surface area contributed by atoms with E-state index in [9.17, 15) is 21.6 Å². The van der Waals surface area contributed by atoms with E-state index in [4.69, 9.17) is 4.74 Å². The number of fused-ring (bicyclic) bond motifs is 2. The quantitative estimate of drug-likeness (QED) is 0.632. The fourth-order valence-electron chi connectivity index (χ4n) is 4.67. The lowest BCUT2D eigenvalue weighted by Crippen LogP contribution is -2.50. The normalized spacial score (nSPS) is 27.1. The Labute approximate surface area is 190 Å². The fraction of sp³-hybridized carbons (Fsp3) is 0.667. The molecule has 0 saturated carbocycles. The standard InChI is InChI=1S/C21H28F3N3O3S2/c1-14-13-30-20(17-8-18(21(22,23)24)31-19(14)17)4-5-26(15(2)9-20)11-16-10-25-27(12-16)6-7-32(3,28)29/h8,10,12,14-15H,4-7,9,11,13H2,1-3H3/t14?,15-,20?/m0/s1. The smallest absolute Gasteiger partial charge is 0.369 e. The summed E-state index contributed by atoms with van der Waals surface area (Å²) in [6, 6.07) is 1.42. The summed E-state index contributed by atoms with van der Waals surface area (Å²) >= 11 is 0.859. The van der Waals surface area contributed by atoms with Crippen LogP contribution in [0.4, 0.5) is 13.2 Å². The van der Waals surface area contributed by atoms with Crippen LogP contribution in [0.2, 0.25) is 0 Å². The van der Waals surface area contributed by atoms with E-state index in [0.29, 0.717) is 44.6 Å². The Morgan fingerprint density at radius 2 is 2.09 bits per heavy atom. The van der Waals surface area contributed by atoms with Crippen molar-refractivity contribution in [2.75, 3.05) is 25.2 Å². The number of alkyl halides is 3. The number of likely N-dealkylation sites (tertiary alicyclic amines) is 1. The molecule has 4 rings (SSSR count). The summed E-state index contributed by atoms with van der Waals surface area (Å²) in [6.45, 7) is 6.09. The van der Waals surface area contributed by atoms with Crippen molar-refractivity contribution in [3.05, 3.63) is 39.3 Å². The second-order valence-electron chi connectivity index (χ2n) is 9.11. The molecule has 6 nitrogen and oxygen atoms in total. The largest absolute Gasteiger partial charge is 0.425 e. The first-order chi connectivity index (χ1) is 14.9. The number of hydrogen-bond donors (Lipinski definition) is 0. The van der Waals surface area contributed by atoms with Crippen molar-refractivity contribution in [1.29, 1.82) is 0 Å². The van der Waals surface area contributed by atoms with Gasteiger partial charge in [0.2, 0.25) is 0 Å². The number of thiophene rings is 1. The van der Waals surface area contributed by atoms with Crippen molar-refractivity contribution >= 4 is 21.2 Å². The van der Waals surface area contributed by atoms with Crippen LogP contribution in [0.25, 0.3) is 0 Å². The van der Waals surface area contributed by atoms with Gasteiger partial charge in [0.25, 0.3) is 0 Å². The molecule has 1 saturated heterocycles. The van der Waals surface area contributed by atoms with Crippen LogP contribution in [0.5, 0.6) is 0 Å². The van der Waals surface area contributed by atoms with E-state index < -0.39 is 26.5 Å². The van der Waals surface area contributed by atoms with Crippen LogP contribution >= 0.6 is 11.3 Å². The van der Waals surface area contributed by atoms with Gasteiger partial charge in [0.1, 0.15) is 14.7 Å². The van der Waals surface area contributed by atoms with Gasteiger partial charge >= 0.3 is 6.18 Å². The molecule has 1 spiro atoms. The minimum absolute atomic E-state index is 0.0371. The fourth-order valence-corrected chi connectivity index (χ4v) is 6.34. The van der Waals surface area contributed by atoms with Gasteiger partial charge in [-0.3, -0.25) is 9.58 Å². The second-order valence-corrected chi connectivity index (χ2v) is 12.5. The van der Waals surface area contributed by atoms with Gasteiger partial charge in [-0.15, -0.1) is 11.3 Å². The molecule has 0 aliphatic carbocycles. The van der Waals surface area contributed by atoms with Crippen LogP contribution in [0.1, 0.15) is 53.5 Å². The van der Waals surface area contributed by atoms with Crippen LogP contribution < -0.4 is 0 Å². The van der Waals surface area contributed by atoms with Gasteiger partial charge in [-0.1, -0.05) is 6.92 Å². The van der Waals surface area contributed by atoms with Gasteiger partial charge in [0.05, 0.1) is 30.7 Å². The molecule has 2 aliphatic rings. The second kappa shape index (κ2) is 8.41. The highest BCUT2D eigenvalue weighted by atomic mass is 32.2. The lowest BCUT2D eigenvalue weighted by atomic mass is 9.78. The Morgan fingerprint density at radius 3 is 2.75 bits per heavy atom. The van der Waals surface area contributed by atoms with Gasteiger partial charge in [-0.05, 0) is 31.4 Å². The number of piperidine rings is 1. The van der Waals surface area contributed by atoms with E-state index in [1.807, 2.05) is 13.1 Å². The summed E-state index contributed by atoms with van der Waals surface area (Å²) in [5, 5.41) is 4.25. The molecule has 0 aromatic carbocycles. The van der Waals surface area contributed by atoms with Gasteiger partial charge in [-0.25, -0.2) is 8.42 Å². The summed E-state index contributed by atoms with van der Waals surface area (Å²) in [6.07, 6.45) is 1.72. The SMILES string of the molecule is CC1COC2(CCN(Cc3cnn(CCS(C)(=O)=O)c3)[C@@H](C)C2)c2cc(C(F)(F)F)sc21. The van der Waals surface area contributed by atoms with Crippen LogP contribution in [0.15, 0.2) is 18.5 Å². The van der Waals surface area contributed by atoms with Gasteiger partial charge in [-0.2, -0.15) is 18.3 Å². The maximum absolute atomic E-state index is 13.4. The zero-order chi connectivity index (χ0) is 23.3. The first-order valence-corrected chi connectivity index (χ1v) is 13.5. The molecule has 4 heterocycles. The van der Waals surface area contributed by atoms with E-state index in [1.165, 1.54) is 12.3 Å². The van der Waals surface area contributed by atoms with Crippen molar-refractivity contribution in [1.82, 2.24) is 14.7 Å². The topological polar surface area (TPSA) is 64.4 Å². The monoisotopic (exact) mass is 491 g/mol. The van der Waals surface area contributed by atoms with E-state index >= 15 is 0 Å². The maximum Gasteiger partial charge on any atom is 0.425 e. The minimum Gasteiger partial charge on any atom is -0.369 e. The molecule has 2 unspecified atom stereocenters. The molecule has 0 bridgehead atoms. The highest BCUT2D eigenvalue weighted by Crippen LogP contribution is 2.51. The Hall–Kier alpha value is -1.43. The molecule has 32 heavy (non-hydrogen) atoms. The van der Waals surface area contributed by atoms with Gasteiger partial charge in [0.15, 0.2) is 0 Å². The lowest BCUT2D eigenvalue weighted by Gasteiger charge is -2.48. The zero-order valence-electron chi connectivity index (χ0n) is 18.4. The number of nitrogens with zero attached hydrogens (tertiary/aromatic N) is 3. The zero-order valence-corrected chi connectivity index (χ0v) is 20.0. The molecule has 2 aromatic heterocycles. The van der Waals surface area contributed by atoms with Gasteiger partial charge in [0, 0.05) is 47.9 Å². The number of halogens is 3. The average molecular weight is 492 g/mol. The van der Waals surface area contributed by atoms with Crippen molar-refractivity contribution in [2.45, 2.75) is 63.5 Å². The molecular weight excluding hydrogens is 463 g/mol. The molecular formula is C21H28F3N3O3S2. The maximum atomic E-state index is 13.4. The summed E-state index contributed by atoms with van der Waals surface area (Å²) in [4.78, 5) is 2.54. The lowest BCUT2D eigenvalue weighted by molar-refractivity contribution is -0.135. The Bertz CT molecular complexity index is 1080. The van der Waals surface area contributed by atoms with Crippen LogP contribution in [0, 0.1) is 0 Å². The molecule has 2 aliphatic heterocycles. The van der Waals surface area contributed by atoms with Crippen molar-refractivity contribution in [3.63, 3.8) is 0 Å². The first-order valence-electron chi connectivity index (χ1n) is 10.6. The van der Waals surface area contributed by atoms with E-state index in [2.05, 4.69) is 16.9 Å². The third-order valence-corrected chi connectivity index (χ3v) is 8.74. The third-order valence-electron chi connectivity index (χ3n) is 6.40. The number of aromatic nitrogens is 2. The summed E-state index contributed by atoms with van der Waals surface area (Å²) in [5.74, 6) is -0.00193. The predicted molar refractivity (Wildman–Crippen MR) is 116 cm³/mol. The molecule has 2 aromatic rings. The van der Waals surface area contributed by atoms with Crippen LogP contribution in [-0.2, 0) is 39.4 Å². The Morgan fingerprint density at radius 1 is 1.34 bits per heavy atom. The first kappa shape index (κ1) is 23.7. The minimum atomic E-state index is -4.34. The molecule has 0 amide bonds. The van der Waals surface area contributed by atoms with E-state index in [1.54, 1.807) is 10.9 Å². The Kier molecular flexibility index (Phi) is 6.23. The van der Waals surface area contributed by atoms with E-state index in [-0.39, 0.29) is 17.7 Å². The molecule has 0 radical (unpaired) electrons.